The van der Waals surface area contributed by atoms with Crippen LogP contribution in [0.4, 0.5) is 11.5 Å². The molecule has 2 aliphatic heterocycles. The summed E-state index contributed by atoms with van der Waals surface area (Å²) in [7, 11) is -1.20. The first-order valence-corrected chi connectivity index (χ1v) is 13.6. The fraction of sp³-hybridized carbons (Fsp3) is 0.560. The minimum absolute atomic E-state index is 0.0974. The second-order valence-electron chi connectivity index (χ2n) is 10.6. The van der Waals surface area contributed by atoms with E-state index in [9.17, 15) is 4.21 Å². The molecular weight excluding hydrogens is 464 g/mol. The van der Waals surface area contributed by atoms with Gasteiger partial charge in [0, 0.05) is 34.7 Å². The normalized spacial score (nSPS) is 23.1. The quantitative estimate of drug-likeness (QED) is 0.547. The number of rotatable bonds is 5. The molecule has 188 valence electrons. The summed E-state index contributed by atoms with van der Waals surface area (Å²) in [6.07, 6.45) is 5.40. The van der Waals surface area contributed by atoms with Crippen molar-refractivity contribution < 1.29 is 13.7 Å². The van der Waals surface area contributed by atoms with Gasteiger partial charge < -0.3 is 24.7 Å². The Hall–Kier alpha value is -2.72. The van der Waals surface area contributed by atoms with E-state index in [4.69, 9.17) is 19.4 Å². The van der Waals surface area contributed by atoms with E-state index in [2.05, 4.69) is 47.9 Å². The topological polar surface area (TPSA) is 105 Å². The molecule has 5 heterocycles. The number of hydrogen-bond acceptors (Lipinski definition) is 8. The van der Waals surface area contributed by atoms with Gasteiger partial charge in [0.25, 0.3) is 0 Å². The third kappa shape index (κ3) is 3.87. The second-order valence-corrected chi connectivity index (χ2v) is 12.5. The molecule has 0 spiro atoms. The number of fused-ring (bicyclic) bond motifs is 4. The third-order valence-electron chi connectivity index (χ3n) is 6.94. The lowest BCUT2D eigenvalue weighted by Crippen LogP contribution is -2.64. The van der Waals surface area contributed by atoms with E-state index in [1.807, 2.05) is 32.3 Å². The molecule has 1 saturated heterocycles. The van der Waals surface area contributed by atoms with Crippen molar-refractivity contribution >= 4 is 33.3 Å². The number of aromatic nitrogens is 4. The number of nitrogens with zero attached hydrogens (tertiary/aromatic N) is 4. The van der Waals surface area contributed by atoms with Crippen LogP contribution >= 0.6 is 0 Å². The maximum atomic E-state index is 12.9. The summed E-state index contributed by atoms with van der Waals surface area (Å²) in [4.78, 5) is 20.3. The molecule has 0 bridgehead atoms. The van der Waals surface area contributed by atoms with Crippen molar-refractivity contribution in [2.45, 2.75) is 63.9 Å². The van der Waals surface area contributed by atoms with Crippen LogP contribution in [-0.2, 0) is 20.3 Å². The van der Waals surface area contributed by atoms with E-state index in [1.54, 1.807) is 6.26 Å². The van der Waals surface area contributed by atoms with Crippen LogP contribution in [-0.4, -0.2) is 67.8 Å². The van der Waals surface area contributed by atoms with Gasteiger partial charge in [-0.25, -0.2) is 15.0 Å². The van der Waals surface area contributed by atoms with Gasteiger partial charge in [-0.15, -0.1) is 0 Å². The van der Waals surface area contributed by atoms with Gasteiger partial charge >= 0.3 is 0 Å². The predicted molar refractivity (Wildman–Crippen MR) is 140 cm³/mol. The lowest BCUT2D eigenvalue weighted by molar-refractivity contribution is 0.00706. The molecule has 5 rings (SSSR count). The van der Waals surface area contributed by atoms with Gasteiger partial charge in [-0.05, 0) is 47.6 Å². The highest BCUT2D eigenvalue weighted by Crippen LogP contribution is 2.47. The van der Waals surface area contributed by atoms with Crippen LogP contribution in [0.15, 0.2) is 18.5 Å². The number of hydrogen-bond donors (Lipinski definition) is 2. The minimum atomic E-state index is -1.20. The molecular formula is C25H34N6O3S. The fourth-order valence-corrected chi connectivity index (χ4v) is 5.40. The van der Waals surface area contributed by atoms with Crippen molar-refractivity contribution in [3.8, 4) is 17.1 Å². The summed E-state index contributed by atoms with van der Waals surface area (Å²) in [6.45, 7) is 13.9. The van der Waals surface area contributed by atoms with Crippen LogP contribution < -0.4 is 15.0 Å². The van der Waals surface area contributed by atoms with Crippen molar-refractivity contribution in [2.75, 3.05) is 36.3 Å². The predicted octanol–water partition coefficient (Wildman–Crippen LogP) is 3.83. The minimum Gasteiger partial charge on any atom is -0.485 e. The van der Waals surface area contributed by atoms with Gasteiger partial charge in [0.1, 0.15) is 17.9 Å². The lowest BCUT2D eigenvalue weighted by Gasteiger charge is -2.52. The molecule has 3 aromatic rings. The number of H-pyrrole nitrogens is 1. The summed E-state index contributed by atoms with van der Waals surface area (Å²) >= 11 is 0. The number of ether oxygens (including phenoxy) is 2. The van der Waals surface area contributed by atoms with E-state index in [0.29, 0.717) is 37.1 Å². The standard InChI is InChI=1S/C25H34N6O3S/c1-14(2)28-17-10-27-21-16(8-9-26-21)18(17)22-29-20(24(4,5)35(7)32)19-23(30-22)31-15(3)11-33-12-25(31,6)13-34-19/h8-10,14-15,28H,11-13H2,1-7H3,(H,26,27)/t15-,25+,35?/m1/s1. The zero-order chi connectivity index (χ0) is 25.1. The molecule has 3 atom stereocenters. The molecule has 0 aliphatic carbocycles. The molecule has 10 heteroatoms. The summed E-state index contributed by atoms with van der Waals surface area (Å²) in [5, 5.41) is 4.43. The van der Waals surface area contributed by atoms with Crippen molar-refractivity contribution in [1.29, 1.82) is 0 Å². The number of nitrogens with one attached hydrogen (secondary N) is 2. The van der Waals surface area contributed by atoms with E-state index in [1.165, 1.54) is 0 Å². The van der Waals surface area contributed by atoms with Crippen molar-refractivity contribution in [2.24, 2.45) is 0 Å². The van der Waals surface area contributed by atoms with Crippen LogP contribution in [0.2, 0.25) is 0 Å². The zero-order valence-electron chi connectivity index (χ0n) is 21.4. The molecule has 2 aliphatic rings. The molecule has 2 N–H and O–H groups in total. The molecule has 1 unspecified atom stereocenters. The molecule has 1 fully saturated rings. The Bertz CT molecular complexity index is 1310. The first kappa shape index (κ1) is 24.0. The zero-order valence-corrected chi connectivity index (χ0v) is 22.2. The van der Waals surface area contributed by atoms with Gasteiger partial charge in [-0.2, -0.15) is 0 Å². The second kappa shape index (κ2) is 8.44. The Morgan fingerprint density at radius 1 is 1.31 bits per heavy atom. The maximum absolute atomic E-state index is 12.9. The SMILES string of the molecule is CC(C)Nc1cnc2[nH]ccc2c1-c1nc2c(c(C(C)(C)S(C)=O)n1)OC[C@]1(C)COC[C@@H](C)N21. The molecule has 0 saturated carbocycles. The first-order chi connectivity index (χ1) is 16.5. The average molecular weight is 499 g/mol. The van der Waals surface area contributed by atoms with Crippen molar-refractivity contribution in [1.82, 2.24) is 19.9 Å². The van der Waals surface area contributed by atoms with Gasteiger partial charge in [-0.3, -0.25) is 4.21 Å². The largest absolute Gasteiger partial charge is 0.485 e. The Morgan fingerprint density at radius 2 is 2.09 bits per heavy atom. The van der Waals surface area contributed by atoms with Gasteiger partial charge in [0.05, 0.1) is 47.0 Å². The summed E-state index contributed by atoms with van der Waals surface area (Å²) in [5.41, 5.74) is 2.76. The molecule has 9 nitrogen and oxygen atoms in total. The van der Waals surface area contributed by atoms with E-state index < -0.39 is 15.5 Å². The summed E-state index contributed by atoms with van der Waals surface area (Å²) in [5.74, 6) is 1.89. The van der Waals surface area contributed by atoms with Gasteiger partial charge in [0.15, 0.2) is 17.4 Å². The molecule has 35 heavy (non-hydrogen) atoms. The number of anilines is 2. The summed E-state index contributed by atoms with van der Waals surface area (Å²) in [6, 6.07) is 2.28. The summed E-state index contributed by atoms with van der Waals surface area (Å²) < 4.78 is 24.4. The monoisotopic (exact) mass is 498 g/mol. The van der Waals surface area contributed by atoms with E-state index in [0.717, 1.165) is 28.1 Å². The van der Waals surface area contributed by atoms with E-state index in [-0.39, 0.29) is 17.6 Å². The molecule has 0 radical (unpaired) electrons. The van der Waals surface area contributed by atoms with Crippen molar-refractivity contribution in [3.05, 3.63) is 24.2 Å². The number of aromatic amines is 1. The Kier molecular flexibility index (Phi) is 5.79. The highest BCUT2D eigenvalue weighted by atomic mass is 32.2. The first-order valence-electron chi connectivity index (χ1n) is 12.0. The smallest absolute Gasteiger partial charge is 0.185 e. The number of pyridine rings is 1. The molecule has 0 amide bonds. The van der Waals surface area contributed by atoms with Crippen LogP contribution in [0.25, 0.3) is 22.4 Å². The molecule has 3 aromatic heterocycles. The van der Waals surface area contributed by atoms with Crippen molar-refractivity contribution in [3.63, 3.8) is 0 Å². The Labute approximate surface area is 208 Å². The average Bonchev–Trinajstić information content (AvgIpc) is 3.26. The third-order valence-corrected chi connectivity index (χ3v) is 8.57. The van der Waals surface area contributed by atoms with Crippen LogP contribution in [0, 0.1) is 0 Å². The maximum Gasteiger partial charge on any atom is 0.185 e. The highest BCUT2D eigenvalue weighted by Gasteiger charge is 2.48. The van der Waals surface area contributed by atoms with Crippen LogP contribution in [0.3, 0.4) is 0 Å². The van der Waals surface area contributed by atoms with Gasteiger partial charge in [0.2, 0.25) is 0 Å². The number of morpholine rings is 1. The highest BCUT2D eigenvalue weighted by molar-refractivity contribution is 7.85. The lowest BCUT2D eigenvalue weighted by atomic mass is 9.95. The van der Waals surface area contributed by atoms with Crippen LogP contribution in [0.1, 0.15) is 47.2 Å². The van der Waals surface area contributed by atoms with Crippen LogP contribution in [0.5, 0.6) is 5.75 Å². The Balaban J connectivity index is 1.83. The Morgan fingerprint density at radius 3 is 2.80 bits per heavy atom. The molecule has 0 aromatic carbocycles. The van der Waals surface area contributed by atoms with Gasteiger partial charge in [-0.1, -0.05) is 0 Å². The fourth-order valence-electron chi connectivity index (χ4n) is 4.99. The van der Waals surface area contributed by atoms with E-state index >= 15 is 0 Å².